The van der Waals surface area contributed by atoms with Gasteiger partial charge in [0.05, 0.1) is 0 Å². The third-order valence-electron chi connectivity index (χ3n) is 4.31. The molecule has 0 saturated carbocycles. The first-order chi connectivity index (χ1) is 10.4. The number of carbonyl (C=O) groups is 2. The number of nitrogens with two attached hydrogens (primary N) is 1. The van der Waals surface area contributed by atoms with Crippen LogP contribution in [-0.2, 0) is 11.2 Å². The molecule has 0 heterocycles. The van der Waals surface area contributed by atoms with Crippen molar-refractivity contribution in [3.05, 3.63) is 35.4 Å². The molecule has 0 aromatic heterocycles. The molecule has 0 atom stereocenters. The van der Waals surface area contributed by atoms with Gasteiger partial charge >= 0.3 is 0 Å². The molecule has 0 aliphatic rings. The number of benzene rings is 1. The normalized spacial score (nSPS) is 11.3. The SMILES string of the molecule is CCc1ccc(C(=O)CCC(=O)NCC(N)(CC)CC)cc1. The number of hydrogen-bond donors (Lipinski definition) is 2. The van der Waals surface area contributed by atoms with Gasteiger partial charge in [-0.15, -0.1) is 0 Å². The Morgan fingerprint density at radius 2 is 1.64 bits per heavy atom. The van der Waals surface area contributed by atoms with Crippen LogP contribution in [-0.4, -0.2) is 23.8 Å². The highest BCUT2D eigenvalue weighted by Gasteiger charge is 2.21. The fourth-order valence-corrected chi connectivity index (χ4v) is 2.16. The van der Waals surface area contributed by atoms with E-state index >= 15 is 0 Å². The average Bonchev–Trinajstić information content (AvgIpc) is 2.57. The van der Waals surface area contributed by atoms with Crippen molar-refractivity contribution in [2.24, 2.45) is 5.73 Å². The molecule has 4 nitrogen and oxygen atoms in total. The van der Waals surface area contributed by atoms with E-state index in [0.717, 1.165) is 19.3 Å². The first kappa shape index (κ1) is 18.4. The summed E-state index contributed by atoms with van der Waals surface area (Å²) in [7, 11) is 0. The van der Waals surface area contributed by atoms with Gasteiger partial charge in [-0.25, -0.2) is 0 Å². The van der Waals surface area contributed by atoms with Crippen molar-refractivity contribution in [2.75, 3.05) is 6.54 Å². The summed E-state index contributed by atoms with van der Waals surface area (Å²) in [4.78, 5) is 23.9. The van der Waals surface area contributed by atoms with Crippen LogP contribution < -0.4 is 11.1 Å². The zero-order valence-corrected chi connectivity index (χ0v) is 13.9. The summed E-state index contributed by atoms with van der Waals surface area (Å²) >= 11 is 0. The van der Waals surface area contributed by atoms with Crippen molar-refractivity contribution in [3.8, 4) is 0 Å². The summed E-state index contributed by atoms with van der Waals surface area (Å²) in [6.45, 7) is 6.56. The Labute approximate surface area is 133 Å². The van der Waals surface area contributed by atoms with E-state index in [1.165, 1.54) is 5.56 Å². The van der Waals surface area contributed by atoms with Crippen molar-refractivity contribution >= 4 is 11.7 Å². The summed E-state index contributed by atoms with van der Waals surface area (Å²) < 4.78 is 0. The van der Waals surface area contributed by atoms with Crippen LogP contribution >= 0.6 is 0 Å². The van der Waals surface area contributed by atoms with Gasteiger partial charge in [-0.3, -0.25) is 9.59 Å². The molecule has 0 aliphatic carbocycles. The molecule has 22 heavy (non-hydrogen) atoms. The third kappa shape index (κ3) is 5.60. The van der Waals surface area contributed by atoms with E-state index in [0.29, 0.717) is 12.1 Å². The number of hydrogen-bond acceptors (Lipinski definition) is 3. The molecule has 0 fully saturated rings. The lowest BCUT2D eigenvalue weighted by Gasteiger charge is -2.26. The third-order valence-corrected chi connectivity index (χ3v) is 4.31. The molecule has 1 aromatic rings. The summed E-state index contributed by atoms with van der Waals surface area (Å²) in [6.07, 6.45) is 3.01. The van der Waals surface area contributed by atoms with E-state index in [9.17, 15) is 9.59 Å². The molecule has 0 aliphatic heterocycles. The smallest absolute Gasteiger partial charge is 0.220 e. The summed E-state index contributed by atoms with van der Waals surface area (Å²) in [5.41, 5.74) is 7.65. The quantitative estimate of drug-likeness (QED) is 0.689. The number of nitrogens with one attached hydrogen (secondary N) is 1. The van der Waals surface area contributed by atoms with Gasteiger partial charge in [-0.05, 0) is 24.8 Å². The Morgan fingerprint density at radius 3 is 2.14 bits per heavy atom. The van der Waals surface area contributed by atoms with Crippen LogP contribution in [0.15, 0.2) is 24.3 Å². The second kappa shape index (κ2) is 8.69. The molecule has 0 saturated heterocycles. The number of Topliss-reactive ketones (excluding diaryl/α,β-unsaturated/α-hetero) is 1. The van der Waals surface area contributed by atoms with E-state index in [2.05, 4.69) is 12.2 Å². The molecule has 0 unspecified atom stereocenters. The molecule has 0 radical (unpaired) electrons. The highest BCUT2D eigenvalue weighted by atomic mass is 16.2. The van der Waals surface area contributed by atoms with Gasteiger partial charge in [-0.1, -0.05) is 45.0 Å². The van der Waals surface area contributed by atoms with E-state index in [1.807, 2.05) is 38.1 Å². The van der Waals surface area contributed by atoms with Crippen molar-refractivity contribution in [1.29, 1.82) is 0 Å². The summed E-state index contributed by atoms with van der Waals surface area (Å²) in [5, 5.41) is 2.83. The van der Waals surface area contributed by atoms with Gasteiger partial charge in [0.25, 0.3) is 0 Å². The zero-order valence-electron chi connectivity index (χ0n) is 13.9. The van der Waals surface area contributed by atoms with Crippen LogP contribution in [0.5, 0.6) is 0 Å². The maximum Gasteiger partial charge on any atom is 0.220 e. The molecule has 0 spiro atoms. The maximum absolute atomic E-state index is 12.1. The molecule has 1 rings (SSSR count). The van der Waals surface area contributed by atoms with Crippen molar-refractivity contribution < 1.29 is 9.59 Å². The van der Waals surface area contributed by atoms with Crippen molar-refractivity contribution in [3.63, 3.8) is 0 Å². The highest BCUT2D eigenvalue weighted by molar-refractivity contribution is 5.97. The number of aryl methyl sites for hydroxylation is 1. The second-order valence-corrected chi connectivity index (χ2v) is 5.82. The highest BCUT2D eigenvalue weighted by Crippen LogP contribution is 2.11. The van der Waals surface area contributed by atoms with E-state index < -0.39 is 0 Å². The lowest BCUT2D eigenvalue weighted by atomic mass is 9.94. The van der Waals surface area contributed by atoms with E-state index in [-0.39, 0.29) is 30.1 Å². The van der Waals surface area contributed by atoms with Crippen LogP contribution in [0.2, 0.25) is 0 Å². The van der Waals surface area contributed by atoms with Crippen molar-refractivity contribution in [1.82, 2.24) is 5.32 Å². The van der Waals surface area contributed by atoms with Crippen LogP contribution in [0.3, 0.4) is 0 Å². The number of ketones is 1. The predicted octanol–water partition coefficient (Wildman–Crippen LogP) is 2.85. The number of rotatable bonds is 9. The van der Waals surface area contributed by atoms with E-state index in [4.69, 9.17) is 5.73 Å². The van der Waals surface area contributed by atoms with E-state index in [1.54, 1.807) is 0 Å². The fourth-order valence-electron chi connectivity index (χ4n) is 2.16. The van der Waals surface area contributed by atoms with Gasteiger partial charge in [-0.2, -0.15) is 0 Å². The standard InChI is InChI=1S/C18H28N2O2/c1-4-14-7-9-15(10-8-14)16(21)11-12-17(22)20-13-18(19,5-2)6-3/h7-10H,4-6,11-13,19H2,1-3H3,(H,20,22). The van der Waals surface area contributed by atoms with Crippen LogP contribution in [0.1, 0.15) is 62.4 Å². The monoisotopic (exact) mass is 304 g/mol. The Morgan fingerprint density at radius 1 is 1.05 bits per heavy atom. The fraction of sp³-hybridized carbons (Fsp3) is 0.556. The van der Waals surface area contributed by atoms with Gasteiger partial charge in [0.2, 0.25) is 5.91 Å². The molecular formula is C18H28N2O2. The average molecular weight is 304 g/mol. The molecular weight excluding hydrogens is 276 g/mol. The van der Waals surface area contributed by atoms with Gasteiger partial charge in [0.1, 0.15) is 0 Å². The minimum absolute atomic E-state index is 0.00259. The maximum atomic E-state index is 12.1. The molecule has 3 N–H and O–H groups in total. The Kier molecular flexibility index (Phi) is 7.25. The van der Waals surface area contributed by atoms with Crippen LogP contribution in [0.25, 0.3) is 0 Å². The number of amides is 1. The topological polar surface area (TPSA) is 72.2 Å². The molecule has 0 bridgehead atoms. The van der Waals surface area contributed by atoms with Gasteiger partial charge < -0.3 is 11.1 Å². The molecule has 4 heteroatoms. The first-order valence-electron chi connectivity index (χ1n) is 8.11. The second-order valence-electron chi connectivity index (χ2n) is 5.82. The number of carbonyl (C=O) groups excluding carboxylic acids is 2. The van der Waals surface area contributed by atoms with Gasteiger partial charge in [0.15, 0.2) is 5.78 Å². The minimum atomic E-state index is -0.352. The Balaban J connectivity index is 2.41. The molecule has 122 valence electrons. The first-order valence-corrected chi connectivity index (χ1v) is 8.11. The van der Waals surface area contributed by atoms with Crippen LogP contribution in [0.4, 0.5) is 0 Å². The Hall–Kier alpha value is -1.68. The predicted molar refractivity (Wildman–Crippen MR) is 89.9 cm³/mol. The summed E-state index contributed by atoms with van der Waals surface area (Å²) in [5.74, 6) is -0.113. The lowest BCUT2D eigenvalue weighted by Crippen LogP contribution is -2.49. The van der Waals surface area contributed by atoms with Crippen LogP contribution in [0, 0.1) is 0 Å². The molecule has 1 amide bonds. The minimum Gasteiger partial charge on any atom is -0.354 e. The zero-order chi connectivity index (χ0) is 16.6. The lowest BCUT2D eigenvalue weighted by molar-refractivity contribution is -0.121. The van der Waals surface area contributed by atoms with Crippen molar-refractivity contribution in [2.45, 2.75) is 58.4 Å². The Bertz CT molecular complexity index is 490. The largest absolute Gasteiger partial charge is 0.354 e. The molecule has 1 aromatic carbocycles. The summed E-state index contributed by atoms with van der Waals surface area (Å²) in [6, 6.07) is 7.58. The van der Waals surface area contributed by atoms with Gasteiger partial charge in [0, 0.05) is 30.5 Å².